The molecule has 3 heterocycles. The summed E-state index contributed by atoms with van der Waals surface area (Å²) in [6, 6.07) is 16.4. The highest BCUT2D eigenvalue weighted by Gasteiger charge is 2.34. The first-order chi connectivity index (χ1) is 19.9. The normalized spacial score (nSPS) is 18.0. The third-order valence-corrected chi connectivity index (χ3v) is 8.48. The predicted molar refractivity (Wildman–Crippen MR) is 160 cm³/mol. The zero-order valence-corrected chi connectivity index (χ0v) is 23.3. The molecule has 1 fully saturated rings. The van der Waals surface area contributed by atoms with Crippen LogP contribution in [0.2, 0.25) is 0 Å². The average molecular weight is 568 g/mol. The average Bonchev–Trinajstić information content (AvgIpc) is 3.34. The van der Waals surface area contributed by atoms with Crippen molar-refractivity contribution in [3.8, 4) is 11.5 Å². The Kier molecular flexibility index (Phi) is 7.15. The lowest BCUT2D eigenvalue weighted by atomic mass is 9.91. The molecule has 2 atom stereocenters. The van der Waals surface area contributed by atoms with E-state index in [0.717, 1.165) is 36.0 Å². The van der Waals surface area contributed by atoms with Crippen molar-refractivity contribution in [3.05, 3.63) is 83.9 Å². The predicted octanol–water partition coefficient (Wildman–Crippen LogP) is 6.42. The number of anilines is 3. The van der Waals surface area contributed by atoms with Gasteiger partial charge in [0.15, 0.2) is 0 Å². The standard InChI is InChI=1S/C31H29N5O4S/c1-3-25(37)33-19-8-7-9-20(17-19)34-29(38)28-27-26-24(14-15-32-30(26)41-28)36(31(39)35-27)23-13-12-22(16-18(23)2)40-21-10-5-4-6-11-21/h3-6,10-16,19-20H,1,7-9,17H2,2H3,(H,33,37)(H,34,38)(H,35,39)/t19-,20-/m0/s1. The summed E-state index contributed by atoms with van der Waals surface area (Å²) in [6.45, 7) is 5.44. The molecular weight excluding hydrogens is 538 g/mol. The lowest BCUT2D eigenvalue weighted by Crippen LogP contribution is -2.45. The Morgan fingerprint density at radius 3 is 2.61 bits per heavy atom. The van der Waals surface area contributed by atoms with E-state index in [1.54, 1.807) is 17.2 Å². The van der Waals surface area contributed by atoms with Gasteiger partial charge in [-0.3, -0.25) is 14.5 Å². The number of amides is 4. The maximum Gasteiger partial charge on any atom is 0.331 e. The molecule has 9 nitrogen and oxygen atoms in total. The van der Waals surface area contributed by atoms with Crippen LogP contribution in [0.3, 0.4) is 0 Å². The highest BCUT2D eigenvalue weighted by atomic mass is 32.1. The molecule has 0 radical (unpaired) electrons. The molecule has 1 aliphatic carbocycles. The van der Waals surface area contributed by atoms with Gasteiger partial charge in [-0.15, -0.1) is 11.3 Å². The fourth-order valence-corrected chi connectivity index (χ4v) is 6.54. The van der Waals surface area contributed by atoms with Crippen LogP contribution in [0, 0.1) is 6.92 Å². The van der Waals surface area contributed by atoms with Crippen molar-refractivity contribution < 1.29 is 19.1 Å². The zero-order chi connectivity index (χ0) is 28.5. The molecule has 0 saturated heterocycles. The highest BCUT2D eigenvalue weighted by Crippen LogP contribution is 2.46. The fourth-order valence-electron chi connectivity index (χ4n) is 5.51. The summed E-state index contributed by atoms with van der Waals surface area (Å²) in [5.74, 6) is 0.918. The number of rotatable bonds is 7. The quantitative estimate of drug-likeness (QED) is 0.223. The molecule has 0 unspecified atom stereocenters. The number of hydrogen-bond acceptors (Lipinski definition) is 6. The topological polar surface area (TPSA) is 113 Å². The Bertz CT molecular complexity index is 1670. The fraction of sp³-hybridized carbons (Fsp3) is 0.226. The molecule has 2 aromatic carbocycles. The maximum absolute atomic E-state index is 13.6. The number of para-hydroxylation sites is 1. The Hall–Kier alpha value is -4.70. The molecule has 0 bridgehead atoms. The number of benzene rings is 2. The summed E-state index contributed by atoms with van der Waals surface area (Å²) in [5, 5.41) is 9.74. The first kappa shape index (κ1) is 26.5. The molecule has 1 saturated carbocycles. The molecule has 10 heteroatoms. The van der Waals surface area contributed by atoms with Crippen molar-refractivity contribution in [2.24, 2.45) is 0 Å². The molecule has 2 aromatic heterocycles. The van der Waals surface area contributed by atoms with Crippen molar-refractivity contribution in [2.75, 3.05) is 10.2 Å². The molecule has 4 amide bonds. The van der Waals surface area contributed by atoms with E-state index in [2.05, 4.69) is 27.5 Å². The smallest absolute Gasteiger partial charge is 0.331 e. The summed E-state index contributed by atoms with van der Waals surface area (Å²) >= 11 is 1.25. The summed E-state index contributed by atoms with van der Waals surface area (Å²) in [4.78, 5) is 46.0. The van der Waals surface area contributed by atoms with Crippen LogP contribution < -0.4 is 25.6 Å². The Morgan fingerprint density at radius 1 is 1.07 bits per heavy atom. The molecular formula is C31H29N5O4S. The molecule has 1 aliphatic heterocycles. The number of hydrogen-bond donors (Lipinski definition) is 3. The summed E-state index contributed by atoms with van der Waals surface area (Å²) in [7, 11) is 0. The number of urea groups is 1. The van der Waals surface area contributed by atoms with E-state index in [0.29, 0.717) is 38.9 Å². The maximum atomic E-state index is 13.6. The Morgan fingerprint density at radius 2 is 1.85 bits per heavy atom. The summed E-state index contributed by atoms with van der Waals surface area (Å²) in [6.07, 6.45) is 6.12. The van der Waals surface area contributed by atoms with E-state index in [1.165, 1.54) is 17.4 Å². The van der Waals surface area contributed by atoms with E-state index in [9.17, 15) is 14.4 Å². The second kappa shape index (κ2) is 11.1. The van der Waals surface area contributed by atoms with Gasteiger partial charge in [-0.2, -0.15) is 0 Å². The molecule has 4 aromatic rings. The Labute approximate surface area is 241 Å². The molecule has 3 N–H and O–H groups in total. The molecule has 2 aliphatic rings. The largest absolute Gasteiger partial charge is 0.457 e. The van der Waals surface area contributed by atoms with Crippen molar-refractivity contribution in [1.82, 2.24) is 15.6 Å². The second-order valence-corrected chi connectivity index (χ2v) is 11.2. The van der Waals surface area contributed by atoms with E-state index >= 15 is 0 Å². The lowest BCUT2D eigenvalue weighted by Gasteiger charge is -2.31. The van der Waals surface area contributed by atoms with Gasteiger partial charge in [-0.25, -0.2) is 9.78 Å². The van der Waals surface area contributed by atoms with Gasteiger partial charge in [-0.1, -0.05) is 24.8 Å². The third-order valence-electron chi connectivity index (χ3n) is 7.38. The SMILES string of the molecule is C=CC(=O)N[C@H]1CCC[C@H](NC(=O)c2sc3nccc4c3c2NC(=O)N4c2ccc(Oc3ccccc3)cc2C)C1. The second-order valence-electron chi connectivity index (χ2n) is 10.2. The van der Waals surface area contributed by atoms with Crippen LogP contribution in [-0.4, -0.2) is 34.9 Å². The van der Waals surface area contributed by atoms with Crippen LogP contribution in [-0.2, 0) is 4.79 Å². The van der Waals surface area contributed by atoms with Gasteiger partial charge in [0, 0.05) is 18.3 Å². The van der Waals surface area contributed by atoms with Gasteiger partial charge in [0.2, 0.25) is 5.91 Å². The van der Waals surface area contributed by atoms with Crippen LogP contribution >= 0.6 is 11.3 Å². The van der Waals surface area contributed by atoms with Crippen LogP contribution in [0.1, 0.15) is 40.9 Å². The van der Waals surface area contributed by atoms with E-state index in [1.807, 2.05) is 55.5 Å². The van der Waals surface area contributed by atoms with Crippen molar-refractivity contribution in [1.29, 1.82) is 0 Å². The summed E-state index contributed by atoms with van der Waals surface area (Å²) in [5.41, 5.74) is 2.69. The molecule has 41 heavy (non-hydrogen) atoms. The zero-order valence-electron chi connectivity index (χ0n) is 22.5. The number of pyridine rings is 1. The van der Waals surface area contributed by atoms with Crippen LogP contribution in [0.4, 0.5) is 21.9 Å². The first-order valence-corrected chi connectivity index (χ1v) is 14.3. The van der Waals surface area contributed by atoms with E-state index in [-0.39, 0.29) is 29.9 Å². The summed E-state index contributed by atoms with van der Waals surface area (Å²) < 4.78 is 5.97. The number of ether oxygens (including phenoxy) is 1. The van der Waals surface area contributed by atoms with Crippen LogP contribution in [0.25, 0.3) is 10.2 Å². The van der Waals surface area contributed by atoms with Gasteiger partial charge in [0.1, 0.15) is 21.2 Å². The molecule has 208 valence electrons. The van der Waals surface area contributed by atoms with Crippen molar-refractivity contribution in [2.45, 2.75) is 44.7 Å². The van der Waals surface area contributed by atoms with Gasteiger partial charge >= 0.3 is 6.03 Å². The molecule has 6 rings (SSSR count). The number of aryl methyl sites for hydroxylation is 1. The third kappa shape index (κ3) is 5.26. The number of thiophene rings is 1. The number of carbonyl (C=O) groups is 3. The van der Waals surface area contributed by atoms with Crippen LogP contribution in [0.5, 0.6) is 11.5 Å². The highest BCUT2D eigenvalue weighted by molar-refractivity contribution is 7.21. The van der Waals surface area contributed by atoms with E-state index < -0.39 is 0 Å². The van der Waals surface area contributed by atoms with Gasteiger partial charge in [0.25, 0.3) is 5.91 Å². The number of nitrogens with zero attached hydrogens (tertiary/aromatic N) is 2. The van der Waals surface area contributed by atoms with Crippen molar-refractivity contribution in [3.63, 3.8) is 0 Å². The number of aromatic nitrogens is 1. The minimum atomic E-state index is -0.359. The first-order valence-electron chi connectivity index (χ1n) is 13.5. The molecule has 0 spiro atoms. The monoisotopic (exact) mass is 567 g/mol. The van der Waals surface area contributed by atoms with Crippen molar-refractivity contribution >= 4 is 56.5 Å². The van der Waals surface area contributed by atoms with Gasteiger partial charge < -0.3 is 20.7 Å². The number of carbonyl (C=O) groups excluding carboxylic acids is 3. The van der Waals surface area contributed by atoms with E-state index in [4.69, 9.17) is 4.74 Å². The minimum Gasteiger partial charge on any atom is -0.457 e. The Balaban J connectivity index is 1.27. The van der Waals surface area contributed by atoms with Gasteiger partial charge in [0.05, 0.1) is 22.4 Å². The van der Waals surface area contributed by atoms with Crippen LogP contribution in [0.15, 0.2) is 73.4 Å². The lowest BCUT2D eigenvalue weighted by molar-refractivity contribution is -0.117. The minimum absolute atomic E-state index is 0.0189. The number of nitrogens with one attached hydrogen (secondary N) is 3. The van der Waals surface area contributed by atoms with Gasteiger partial charge in [-0.05, 0) is 80.6 Å².